The summed E-state index contributed by atoms with van der Waals surface area (Å²) in [5.41, 5.74) is 11.7. The zero-order valence-electron chi connectivity index (χ0n) is 20.9. The Morgan fingerprint density at radius 3 is 2.30 bits per heavy atom. The number of rotatable bonds is 11. The van der Waals surface area contributed by atoms with Crippen LogP contribution < -0.4 is 26.4 Å². The molecule has 3 rings (SSSR count). The Hall–Kier alpha value is -3.99. The number of nitrogens with zero attached hydrogens (tertiary/aromatic N) is 2. The van der Waals surface area contributed by atoms with Crippen LogP contribution in [0.15, 0.2) is 48.5 Å². The molecule has 196 valence electrons. The number of amides is 3. The highest BCUT2D eigenvalue weighted by atomic mass is 32.1. The molecule has 0 radical (unpaired) electrons. The fourth-order valence-corrected chi connectivity index (χ4v) is 4.38. The normalized spacial score (nSPS) is 11.7. The van der Waals surface area contributed by atoms with Crippen molar-refractivity contribution in [3.8, 4) is 5.75 Å². The van der Waals surface area contributed by atoms with Crippen molar-refractivity contribution in [2.45, 2.75) is 33.2 Å². The molecule has 0 saturated heterocycles. The molecule has 0 unspecified atom stereocenters. The number of ether oxygens (including phenoxy) is 1. The molecule has 3 aromatic rings. The van der Waals surface area contributed by atoms with Crippen LogP contribution in [0.1, 0.15) is 59.0 Å². The van der Waals surface area contributed by atoms with Crippen LogP contribution in [0.4, 0.5) is 15.8 Å². The van der Waals surface area contributed by atoms with Gasteiger partial charge in [0.1, 0.15) is 22.5 Å². The first kappa shape index (κ1) is 27.6. The Morgan fingerprint density at radius 2 is 1.76 bits per heavy atom. The van der Waals surface area contributed by atoms with Gasteiger partial charge in [-0.1, -0.05) is 26.0 Å². The van der Waals surface area contributed by atoms with Crippen molar-refractivity contribution in [1.82, 2.24) is 9.69 Å². The number of nitrogen functional groups attached to an aromatic ring is 1. The first-order valence-corrected chi connectivity index (χ1v) is 12.6. The van der Waals surface area contributed by atoms with Crippen LogP contribution >= 0.6 is 11.5 Å². The van der Waals surface area contributed by atoms with E-state index < -0.39 is 29.6 Å². The predicted molar refractivity (Wildman–Crippen MR) is 141 cm³/mol. The lowest BCUT2D eigenvalue weighted by Crippen LogP contribution is -2.44. The molecule has 0 aliphatic heterocycles. The fourth-order valence-electron chi connectivity index (χ4n) is 3.64. The molecular formula is C26H30FN5O4S. The summed E-state index contributed by atoms with van der Waals surface area (Å²) < 4.78 is 23.2. The van der Waals surface area contributed by atoms with Gasteiger partial charge in [-0.2, -0.15) is 4.37 Å². The Morgan fingerprint density at radius 1 is 1.11 bits per heavy atom. The van der Waals surface area contributed by atoms with Gasteiger partial charge in [-0.25, -0.2) is 4.39 Å². The highest BCUT2D eigenvalue weighted by molar-refractivity contribution is 7.09. The van der Waals surface area contributed by atoms with E-state index >= 15 is 0 Å². The topological polar surface area (TPSA) is 141 Å². The minimum atomic E-state index is -1.15. The molecule has 2 aromatic carbocycles. The third-order valence-electron chi connectivity index (χ3n) is 5.51. The number of hydrogen-bond acceptors (Lipinski definition) is 7. The number of hydrogen-bond donors (Lipinski definition) is 3. The molecule has 0 saturated carbocycles. The van der Waals surface area contributed by atoms with Crippen molar-refractivity contribution in [2.75, 3.05) is 23.8 Å². The molecular weight excluding hydrogens is 497 g/mol. The van der Waals surface area contributed by atoms with E-state index in [0.29, 0.717) is 41.9 Å². The standard InChI is InChI=1S/C26H30FN5O4S/c1-4-36-19-11-5-16(6-12-19)22(25(34)30-14-13-15(2)3)32(18-9-7-17(27)8-10-18)26(35)23-20(28)21(24(29)33)31-37-23/h5-12,15,22H,4,13-14,28H2,1-3H3,(H2,29,33)(H,30,34)/t22-/m0/s1. The molecule has 3 amide bonds. The van der Waals surface area contributed by atoms with Crippen molar-refractivity contribution < 1.29 is 23.5 Å². The maximum Gasteiger partial charge on any atom is 0.273 e. The van der Waals surface area contributed by atoms with Gasteiger partial charge >= 0.3 is 0 Å². The van der Waals surface area contributed by atoms with Gasteiger partial charge in [-0.15, -0.1) is 0 Å². The number of anilines is 2. The molecule has 0 aliphatic rings. The number of aromatic nitrogens is 1. The number of carbonyl (C=O) groups is 3. The van der Waals surface area contributed by atoms with E-state index in [1.165, 1.54) is 29.2 Å². The zero-order chi connectivity index (χ0) is 27.1. The van der Waals surface area contributed by atoms with Crippen molar-refractivity contribution in [1.29, 1.82) is 0 Å². The highest BCUT2D eigenvalue weighted by Crippen LogP contribution is 2.34. The Balaban J connectivity index is 2.14. The minimum Gasteiger partial charge on any atom is -0.494 e. The maximum absolute atomic E-state index is 13.9. The monoisotopic (exact) mass is 527 g/mol. The molecule has 0 fully saturated rings. The SMILES string of the molecule is CCOc1ccc([C@@H](C(=O)NCCC(C)C)N(C(=O)c2snc(C(N)=O)c2N)c2ccc(F)cc2)cc1. The summed E-state index contributed by atoms with van der Waals surface area (Å²) in [6.45, 7) is 6.78. The molecule has 1 atom stereocenters. The van der Waals surface area contributed by atoms with Crippen LogP contribution in [0.3, 0.4) is 0 Å². The van der Waals surface area contributed by atoms with Gasteiger partial charge in [-0.05, 0) is 72.8 Å². The second-order valence-corrected chi connectivity index (χ2v) is 9.44. The van der Waals surface area contributed by atoms with Crippen LogP contribution in [-0.2, 0) is 4.79 Å². The Kier molecular flexibility index (Phi) is 9.18. The van der Waals surface area contributed by atoms with Crippen molar-refractivity contribution in [3.63, 3.8) is 0 Å². The minimum absolute atomic E-state index is 0.0657. The summed E-state index contributed by atoms with van der Waals surface area (Å²) in [6.07, 6.45) is 0.732. The second-order valence-electron chi connectivity index (χ2n) is 8.67. The van der Waals surface area contributed by atoms with Crippen molar-refractivity contribution in [3.05, 3.63) is 70.5 Å². The lowest BCUT2D eigenvalue weighted by atomic mass is 10.0. The summed E-state index contributed by atoms with van der Waals surface area (Å²) in [5.74, 6) is -1.57. The molecule has 11 heteroatoms. The number of primary amides is 1. The van der Waals surface area contributed by atoms with E-state index in [0.717, 1.165) is 6.42 Å². The summed E-state index contributed by atoms with van der Waals surface area (Å²) in [4.78, 5) is 40.4. The van der Waals surface area contributed by atoms with Gasteiger partial charge in [0.2, 0.25) is 5.91 Å². The smallest absolute Gasteiger partial charge is 0.273 e. The highest BCUT2D eigenvalue weighted by Gasteiger charge is 2.36. The molecule has 0 spiro atoms. The number of halogens is 1. The average molecular weight is 528 g/mol. The first-order valence-electron chi connectivity index (χ1n) is 11.8. The van der Waals surface area contributed by atoms with Gasteiger partial charge in [0.05, 0.1) is 12.3 Å². The molecule has 0 bridgehead atoms. The molecule has 9 nitrogen and oxygen atoms in total. The molecule has 0 aliphatic carbocycles. The van der Waals surface area contributed by atoms with E-state index in [2.05, 4.69) is 9.69 Å². The Labute approximate surface area is 218 Å². The third kappa shape index (κ3) is 6.62. The third-order valence-corrected chi connectivity index (χ3v) is 6.36. The van der Waals surface area contributed by atoms with Gasteiger partial charge in [0.15, 0.2) is 5.69 Å². The second kappa shape index (κ2) is 12.3. The predicted octanol–water partition coefficient (Wildman–Crippen LogP) is 3.91. The van der Waals surface area contributed by atoms with Gasteiger partial charge in [0.25, 0.3) is 11.8 Å². The lowest BCUT2D eigenvalue weighted by Gasteiger charge is -2.31. The van der Waals surface area contributed by atoms with Crippen LogP contribution in [0.5, 0.6) is 5.75 Å². The average Bonchev–Trinajstić information content (AvgIpc) is 3.25. The van der Waals surface area contributed by atoms with Gasteiger partial charge in [-0.3, -0.25) is 19.3 Å². The van der Waals surface area contributed by atoms with E-state index in [1.807, 2.05) is 20.8 Å². The number of benzene rings is 2. The quantitative estimate of drug-likeness (QED) is 0.345. The summed E-state index contributed by atoms with van der Waals surface area (Å²) in [5, 5.41) is 2.90. The summed E-state index contributed by atoms with van der Waals surface area (Å²) in [6, 6.07) is 10.8. The Bertz CT molecular complexity index is 1240. The first-order chi connectivity index (χ1) is 17.6. The number of nitrogens with two attached hydrogens (primary N) is 2. The van der Waals surface area contributed by atoms with Crippen molar-refractivity contribution >= 4 is 40.6 Å². The van der Waals surface area contributed by atoms with E-state index in [1.54, 1.807) is 24.3 Å². The maximum atomic E-state index is 13.9. The molecule has 1 aromatic heterocycles. The summed E-state index contributed by atoms with van der Waals surface area (Å²) in [7, 11) is 0. The van der Waals surface area contributed by atoms with Crippen LogP contribution in [-0.4, -0.2) is 35.2 Å². The lowest BCUT2D eigenvalue weighted by molar-refractivity contribution is -0.122. The van der Waals surface area contributed by atoms with E-state index in [4.69, 9.17) is 16.2 Å². The zero-order valence-corrected chi connectivity index (χ0v) is 21.7. The molecule has 37 heavy (non-hydrogen) atoms. The molecule has 1 heterocycles. The van der Waals surface area contributed by atoms with Crippen LogP contribution in [0.25, 0.3) is 0 Å². The largest absolute Gasteiger partial charge is 0.494 e. The fraction of sp³-hybridized carbons (Fsp3) is 0.308. The van der Waals surface area contributed by atoms with E-state index in [9.17, 15) is 18.8 Å². The number of nitrogens with one attached hydrogen (secondary N) is 1. The van der Waals surface area contributed by atoms with Gasteiger partial charge in [0, 0.05) is 12.2 Å². The van der Waals surface area contributed by atoms with Crippen LogP contribution in [0.2, 0.25) is 0 Å². The number of carbonyl (C=O) groups excluding carboxylic acids is 3. The van der Waals surface area contributed by atoms with E-state index in [-0.39, 0.29) is 21.9 Å². The molecule has 5 N–H and O–H groups in total. The van der Waals surface area contributed by atoms with Gasteiger partial charge < -0.3 is 21.5 Å². The van der Waals surface area contributed by atoms with Crippen molar-refractivity contribution in [2.24, 2.45) is 11.7 Å². The summed E-state index contributed by atoms with van der Waals surface area (Å²) >= 11 is 0.701. The van der Waals surface area contributed by atoms with Crippen LogP contribution in [0, 0.1) is 11.7 Å².